The topological polar surface area (TPSA) is 92.7 Å². The van der Waals surface area contributed by atoms with Gasteiger partial charge in [0.1, 0.15) is 12.6 Å². The number of fused-ring (bicyclic) bond motifs is 3. The van der Waals surface area contributed by atoms with Crippen LogP contribution in [-0.2, 0) is 20.3 Å². The van der Waals surface area contributed by atoms with Crippen LogP contribution in [0.5, 0.6) is 0 Å². The van der Waals surface area contributed by atoms with Gasteiger partial charge in [-0.25, -0.2) is 9.59 Å². The number of hydrogen-bond acceptors (Lipinski definition) is 4. The average Bonchev–Trinajstić information content (AvgIpc) is 2.97. The summed E-state index contributed by atoms with van der Waals surface area (Å²) in [6, 6.07) is 14.8. The highest BCUT2D eigenvalue weighted by atomic mass is 32.2. The molecule has 2 atom stereocenters. The molecule has 1 aliphatic rings. The molecule has 0 saturated heterocycles. The van der Waals surface area contributed by atoms with Gasteiger partial charge in [0.05, 0.1) is 0 Å². The fourth-order valence-corrected chi connectivity index (χ4v) is 3.89. The lowest BCUT2D eigenvalue weighted by Crippen LogP contribution is -2.42. The molecular formula is C20H21NO5S. The van der Waals surface area contributed by atoms with Crippen molar-refractivity contribution < 1.29 is 23.6 Å². The molecule has 0 radical (unpaired) electrons. The van der Waals surface area contributed by atoms with Crippen LogP contribution in [0.25, 0.3) is 11.1 Å². The van der Waals surface area contributed by atoms with E-state index in [-0.39, 0.29) is 24.7 Å². The highest BCUT2D eigenvalue weighted by Gasteiger charge is 2.29. The second-order valence-corrected chi connectivity index (χ2v) is 7.98. The number of nitrogens with one attached hydrogen (secondary N) is 1. The summed E-state index contributed by atoms with van der Waals surface area (Å²) in [7, 11) is -1.13. The molecular weight excluding hydrogens is 366 g/mol. The van der Waals surface area contributed by atoms with Gasteiger partial charge in [0, 0.05) is 28.7 Å². The van der Waals surface area contributed by atoms with Crippen LogP contribution in [0, 0.1) is 0 Å². The van der Waals surface area contributed by atoms with Crippen LogP contribution >= 0.6 is 0 Å². The first-order valence-corrected chi connectivity index (χ1v) is 10.3. The number of benzene rings is 2. The van der Waals surface area contributed by atoms with Crippen LogP contribution in [0.2, 0.25) is 0 Å². The minimum absolute atomic E-state index is 0.0860. The minimum Gasteiger partial charge on any atom is -0.480 e. The summed E-state index contributed by atoms with van der Waals surface area (Å²) in [6.07, 6.45) is 0.792. The van der Waals surface area contributed by atoms with Crippen molar-refractivity contribution in [1.29, 1.82) is 0 Å². The van der Waals surface area contributed by atoms with Gasteiger partial charge in [-0.15, -0.1) is 0 Å². The SMILES string of the molecule is C[S@](=O)CC[C@H](NC(=O)OCC1c2ccccc2-c2ccccc21)C(=O)O. The molecule has 0 aromatic heterocycles. The number of hydrogen-bond donors (Lipinski definition) is 2. The van der Waals surface area contributed by atoms with Crippen LogP contribution in [0.15, 0.2) is 48.5 Å². The molecule has 3 rings (SSSR count). The molecule has 0 saturated carbocycles. The third kappa shape index (κ3) is 4.36. The maximum atomic E-state index is 12.1. The molecule has 2 aromatic carbocycles. The number of carboxylic acids is 1. The Labute approximate surface area is 160 Å². The third-order valence-corrected chi connectivity index (χ3v) is 5.44. The van der Waals surface area contributed by atoms with Gasteiger partial charge in [0.2, 0.25) is 0 Å². The van der Waals surface area contributed by atoms with Crippen molar-refractivity contribution in [2.24, 2.45) is 0 Å². The summed E-state index contributed by atoms with van der Waals surface area (Å²) in [5.74, 6) is -1.07. The largest absolute Gasteiger partial charge is 0.480 e. The van der Waals surface area contributed by atoms with E-state index in [1.54, 1.807) is 0 Å². The molecule has 2 N–H and O–H groups in total. The number of carboxylic acid groups (broad SMARTS) is 1. The quantitative estimate of drug-likeness (QED) is 0.762. The maximum absolute atomic E-state index is 12.1. The van der Waals surface area contributed by atoms with Crippen LogP contribution in [0.3, 0.4) is 0 Å². The first kappa shape index (κ1) is 19.1. The summed E-state index contributed by atoms with van der Waals surface area (Å²) < 4.78 is 16.5. The Balaban J connectivity index is 1.67. The smallest absolute Gasteiger partial charge is 0.407 e. The second-order valence-electron chi connectivity index (χ2n) is 6.43. The molecule has 0 unspecified atom stereocenters. The lowest BCUT2D eigenvalue weighted by Gasteiger charge is -2.17. The van der Waals surface area contributed by atoms with Crippen LogP contribution in [-0.4, -0.2) is 46.0 Å². The minimum atomic E-state index is -1.17. The molecule has 6 nitrogen and oxygen atoms in total. The number of ether oxygens (including phenoxy) is 1. The standard InChI is InChI=1S/C20H21NO5S/c1-27(25)11-10-18(19(22)23)21-20(24)26-12-17-15-8-4-2-6-13(15)14-7-3-5-9-16(14)17/h2-9,17-18H,10-12H2,1H3,(H,21,24)(H,22,23)/t18-,27-/m0/s1. The van der Waals surface area contributed by atoms with E-state index in [0.29, 0.717) is 0 Å². The highest BCUT2D eigenvalue weighted by molar-refractivity contribution is 7.84. The molecule has 1 amide bonds. The van der Waals surface area contributed by atoms with Gasteiger partial charge in [-0.3, -0.25) is 4.21 Å². The number of carbonyl (C=O) groups excluding carboxylic acids is 1. The van der Waals surface area contributed by atoms with Crippen LogP contribution < -0.4 is 5.32 Å². The van der Waals surface area contributed by atoms with Gasteiger partial charge in [-0.05, 0) is 28.7 Å². The van der Waals surface area contributed by atoms with Crippen LogP contribution in [0.4, 0.5) is 4.79 Å². The molecule has 142 valence electrons. The lowest BCUT2D eigenvalue weighted by atomic mass is 9.98. The van der Waals surface area contributed by atoms with E-state index in [4.69, 9.17) is 4.74 Å². The highest BCUT2D eigenvalue weighted by Crippen LogP contribution is 2.44. The number of alkyl carbamates (subject to hydrolysis) is 1. The van der Waals surface area contributed by atoms with Gasteiger partial charge in [-0.1, -0.05) is 48.5 Å². The first-order valence-electron chi connectivity index (χ1n) is 8.61. The third-order valence-electron chi connectivity index (χ3n) is 4.63. The molecule has 0 spiro atoms. The maximum Gasteiger partial charge on any atom is 0.407 e. The number of amides is 1. The summed E-state index contributed by atoms with van der Waals surface area (Å²) >= 11 is 0. The van der Waals surface area contributed by atoms with E-state index >= 15 is 0 Å². The Hall–Kier alpha value is -2.67. The van der Waals surface area contributed by atoms with Crippen molar-refractivity contribution in [3.05, 3.63) is 59.7 Å². The molecule has 0 heterocycles. The van der Waals surface area contributed by atoms with E-state index in [0.717, 1.165) is 22.3 Å². The Morgan fingerprint density at radius 3 is 2.19 bits per heavy atom. The molecule has 2 aromatic rings. The first-order chi connectivity index (χ1) is 13.0. The number of aliphatic carboxylic acids is 1. The normalized spacial score (nSPS) is 14.7. The molecule has 0 bridgehead atoms. The Bertz CT molecular complexity index is 837. The molecule has 1 aliphatic carbocycles. The van der Waals surface area contributed by atoms with Gasteiger partial charge < -0.3 is 15.2 Å². The zero-order chi connectivity index (χ0) is 19.4. The Morgan fingerprint density at radius 1 is 1.11 bits per heavy atom. The van der Waals surface area contributed by atoms with E-state index in [1.807, 2.05) is 48.5 Å². The molecule has 0 aliphatic heterocycles. The monoisotopic (exact) mass is 387 g/mol. The second kappa shape index (κ2) is 8.35. The zero-order valence-corrected chi connectivity index (χ0v) is 15.7. The molecule has 7 heteroatoms. The van der Waals surface area contributed by atoms with Gasteiger partial charge in [0.25, 0.3) is 0 Å². The predicted octanol–water partition coefficient (Wildman–Crippen LogP) is 2.75. The summed E-state index contributed by atoms with van der Waals surface area (Å²) in [4.78, 5) is 23.4. The van der Waals surface area contributed by atoms with Crippen molar-refractivity contribution >= 4 is 22.9 Å². The van der Waals surface area contributed by atoms with Crippen LogP contribution in [0.1, 0.15) is 23.5 Å². The average molecular weight is 387 g/mol. The Morgan fingerprint density at radius 2 is 1.67 bits per heavy atom. The number of carbonyl (C=O) groups is 2. The van der Waals surface area contributed by atoms with Crippen molar-refractivity contribution in [1.82, 2.24) is 5.32 Å². The lowest BCUT2D eigenvalue weighted by molar-refractivity contribution is -0.139. The van der Waals surface area contributed by atoms with E-state index in [1.165, 1.54) is 6.26 Å². The van der Waals surface area contributed by atoms with E-state index < -0.39 is 28.9 Å². The fourth-order valence-electron chi connectivity index (χ4n) is 3.32. The molecule has 27 heavy (non-hydrogen) atoms. The Kier molecular flexibility index (Phi) is 5.91. The van der Waals surface area contributed by atoms with Crippen molar-refractivity contribution in [2.45, 2.75) is 18.4 Å². The molecule has 0 fully saturated rings. The number of rotatable bonds is 7. The zero-order valence-electron chi connectivity index (χ0n) is 14.9. The fraction of sp³-hybridized carbons (Fsp3) is 0.300. The van der Waals surface area contributed by atoms with Gasteiger partial charge in [0.15, 0.2) is 0 Å². The van der Waals surface area contributed by atoms with Crippen molar-refractivity contribution in [3.8, 4) is 11.1 Å². The van der Waals surface area contributed by atoms with Crippen molar-refractivity contribution in [3.63, 3.8) is 0 Å². The summed E-state index contributed by atoms with van der Waals surface area (Å²) in [5.41, 5.74) is 4.41. The predicted molar refractivity (Wildman–Crippen MR) is 103 cm³/mol. The van der Waals surface area contributed by atoms with Gasteiger partial charge in [-0.2, -0.15) is 0 Å². The summed E-state index contributed by atoms with van der Waals surface area (Å²) in [6.45, 7) is 0.117. The van der Waals surface area contributed by atoms with Gasteiger partial charge >= 0.3 is 12.1 Å². The van der Waals surface area contributed by atoms with Crippen molar-refractivity contribution in [2.75, 3.05) is 18.6 Å². The summed E-state index contributed by atoms with van der Waals surface area (Å²) in [5, 5.41) is 11.6. The van der Waals surface area contributed by atoms with E-state index in [2.05, 4.69) is 5.32 Å². The van der Waals surface area contributed by atoms with E-state index in [9.17, 15) is 18.9 Å².